The maximum absolute atomic E-state index is 11.6. The van der Waals surface area contributed by atoms with Crippen LogP contribution in [-0.4, -0.2) is 37.6 Å². The minimum atomic E-state index is -2.37. The van der Waals surface area contributed by atoms with Gasteiger partial charge in [-0.25, -0.2) is 4.79 Å². The van der Waals surface area contributed by atoms with Gasteiger partial charge in [-0.2, -0.15) is 8.42 Å². The zero-order valence-corrected chi connectivity index (χ0v) is 11.5. The van der Waals surface area contributed by atoms with E-state index in [0.717, 1.165) is 5.37 Å². The summed E-state index contributed by atoms with van der Waals surface area (Å²) in [6, 6.07) is 4.29. The monoisotopic (exact) mass is 286 g/mol. The third-order valence-corrected chi connectivity index (χ3v) is 2.59. The smallest absolute Gasteiger partial charge is 0.343 e. The summed E-state index contributed by atoms with van der Waals surface area (Å²) in [5.41, 5.74) is -1.33. The zero-order valence-electron chi connectivity index (χ0n) is 10.7. The molecule has 0 aliphatic heterocycles. The average Bonchev–Trinajstić information content (AvgIpc) is 2.27. The number of esters is 1. The van der Waals surface area contributed by atoms with Crippen molar-refractivity contribution in [1.82, 2.24) is 0 Å². The van der Waals surface area contributed by atoms with Gasteiger partial charge in [0.25, 0.3) is 0 Å². The normalized spacial score (nSPS) is 10.7. The van der Waals surface area contributed by atoms with E-state index in [1.165, 1.54) is 39.2 Å². The second-order valence-corrected chi connectivity index (χ2v) is 4.99. The molecular formula is C12H14O6S. The highest BCUT2D eigenvalue weighted by Crippen LogP contribution is 2.28. The van der Waals surface area contributed by atoms with E-state index in [1.807, 2.05) is 0 Å². The van der Waals surface area contributed by atoms with Gasteiger partial charge < -0.3 is 14.6 Å². The zero-order chi connectivity index (χ0) is 14.6. The van der Waals surface area contributed by atoms with Crippen LogP contribution in [0.4, 0.5) is 0 Å². The number of hydrogen-bond donors (Lipinski definition) is 1. The lowest BCUT2D eigenvalue weighted by atomic mass is 10.1. The Morgan fingerprint density at radius 2 is 1.95 bits per heavy atom. The number of benzene rings is 1. The van der Waals surface area contributed by atoms with Gasteiger partial charge in [-0.3, -0.25) is 0 Å². The van der Waals surface area contributed by atoms with E-state index in [9.17, 15) is 18.3 Å². The summed E-state index contributed by atoms with van der Waals surface area (Å²) in [6.45, 7) is 2.56. The molecule has 0 unspecified atom stereocenters. The molecule has 0 atom stereocenters. The lowest BCUT2D eigenvalue weighted by molar-refractivity contribution is -0.151. The van der Waals surface area contributed by atoms with Crippen LogP contribution in [0, 0.1) is 0 Å². The van der Waals surface area contributed by atoms with Gasteiger partial charge in [0.1, 0.15) is 0 Å². The summed E-state index contributed by atoms with van der Waals surface area (Å²) in [6.07, 6.45) is 0. The Labute approximate surface area is 112 Å². The average molecular weight is 286 g/mol. The van der Waals surface area contributed by atoms with E-state index < -0.39 is 21.9 Å². The second-order valence-electron chi connectivity index (χ2n) is 4.24. The Kier molecular flexibility index (Phi) is 4.68. The third-order valence-electron chi connectivity index (χ3n) is 2.12. The molecule has 1 aromatic rings. The SMILES string of the molecule is COc1ccc(C=S(=O)=O)cc1OC(=O)C(C)(C)O. The van der Waals surface area contributed by atoms with Gasteiger partial charge >= 0.3 is 5.97 Å². The Bertz CT molecular complexity index is 602. The molecular weight excluding hydrogens is 272 g/mol. The molecule has 0 fully saturated rings. The molecule has 1 rings (SSSR count). The minimum absolute atomic E-state index is 0.0359. The van der Waals surface area contributed by atoms with Gasteiger partial charge in [-0.15, -0.1) is 0 Å². The molecule has 7 heteroatoms. The number of aliphatic hydroxyl groups is 1. The number of hydrogen-bond acceptors (Lipinski definition) is 6. The number of rotatable bonds is 4. The lowest BCUT2D eigenvalue weighted by Crippen LogP contribution is -2.35. The van der Waals surface area contributed by atoms with Crippen LogP contribution >= 0.6 is 0 Å². The fraction of sp³-hybridized carbons (Fsp3) is 0.333. The molecule has 0 radical (unpaired) electrons. The van der Waals surface area contributed by atoms with Crippen molar-refractivity contribution in [3.05, 3.63) is 23.8 Å². The van der Waals surface area contributed by atoms with Gasteiger partial charge in [-0.05, 0) is 31.5 Å². The predicted molar refractivity (Wildman–Crippen MR) is 69.0 cm³/mol. The first kappa shape index (κ1) is 15.2. The Morgan fingerprint density at radius 3 is 2.42 bits per heavy atom. The van der Waals surface area contributed by atoms with Gasteiger partial charge in [0.15, 0.2) is 17.1 Å². The molecule has 0 aromatic heterocycles. The van der Waals surface area contributed by atoms with Crippen molar-refractivity contribution in [3.63, 3.8) is 0 Å². The van der Waals surface area contributed by atoms with Crippen molar-refractivity contribution in [3.8, 4) is 11.5 Å². The van der Waals surface area contributed by atoms with E-state index in [2.05, 4.69) is 0 Å². The first-order valence-electron chi connectivity index (χ1n) is 5.29. The largest absolute Gasteiger partial charge is 0.493 e. The molecule has 1 N–H and O–H groups in total. The summed E-state index contributed by atoms with van der Waals surface area (Å²) in [7, 11) is -0.988. The Balaban J connectivity index is 3.17. The minimum Gasteiger partial charge on any atom is -0.493 e. The third kappa shape index (κ3) is 4.38. The van der Waals surface area contributed by atoms with Crippen molar-refractivity contribution in [2.45, 2.75) is 19.4 Å². The van der Waals surface area contributed by atoms with Gasteiger partial charge in [-0.1, -0.05) is 6.07 Å². The molecule has 0 saturated carbocycles. The molecule has 0 heterocycles. The van der Waals surface area contributed by atoms with Crippen LogP contribution in [-0.2, 0) is 15.1 Å². The fourth-order valence-corrected chi connectivity index (χ4v) is 1.55. The number of carbonyl (C=O) groups excluding carboxylic acids is 1. The van der Waals surface area contributed by atoms with Crippen LogP contribution in [0.15, 0.2) is 18.2 Å². The molecule has 1 aromatic carbocycles. The summed E-state index contributed by atoms with van der Waals surface area (Å²) >= 11 is 0. The van der Waals surface area contributed by atoms with Crippen molar-refractivity contribution < 1.29 is 27.8 Å². The summed E-state index contributed by atoms with van der Waals surface area (Å²) < 4.78 is 31.1. The quantitative estimate of drug-likeness (QED) is 0.489. The van der Waals surface area contributed by atoms with Crippen molar-refractivity contribution in [1.29, 1.82) is 0 Å². The van der Waals surface area contributed by atoms with Crippen molar-refractivity contribution in [2.24, 2.45) is 0 Å². The highest BCUT2D eigenvalue weighted by molar-refractivity contribution is 7.71. The van der Waals surface area contributed by atoms with Gasteiger partial charge in [0.05, 0.1) is 12.5 Å². The molecule has 0 aliphatic carbocycles. The molecule has 0 spiro atoms. The van der Waals surface area contributed by atoms with Crippen LogP contribution in [0.1, 0.15) is 19.4 Å². The molecule has 0 bridgehead atoms. The van der Waals surface area contributed by atoms with Crippen LogP contribution in [0.3, 0.4) is 0 Å². The standard InChI is InChI=1S/C12H14O6S/c1-12(2,14)11(13)18-10-6-8(7-19(15)16)4-5-9(10)17-3/h4-7,14H,1-3H3. The molecule has 0 aliphatic rings. The van der Waals surface area contributed by atoms with Crippen molar-refractivity contribution in [2.75, 3.05) is 7.11 Å². The lowest BCUT2D eigenvalue weighted by Gasteiger charge is -2.16. The summed E-state index contributed by atoms with van der Waals surface area (Å²) in [5, 5.41) is 10.5. The topological polar surface area (TPSA) is 89.9 Å². The fourth-order valence-electron chi connectivity index (χ4n) is 1.18. The second kappa shape index (κ2) is 5.85. The van der Waals surface area contributed by atoms with E-state index in [-0.39, 0.29) is 11.5 Å². The first-order chi connectivity index (χ1) is 8.74. The van der Waals surface area contributed by atoms with Crippen LogP contribution in [0.2, 0.25) is 0 Å². The van der Waals surface area contributed by atoms with Crippen LogP contribution < -0.4 is 9.47 Å². The van der Waals surface area contributed by atoms with Gasteiger partial charge in [0, 0.05) is 0 Å². The highest BCUT2D eigenvalue weighted by Gasteiger charge is 2.27. The Morgan fingerprint density at radius 1 is 1.32 bits per heavy atom. The predicted octanol–water partition coefficient (Wildman–Crippen LogP) is 0.401. The maximum atomic E-state index is 11.6. The Hall–Kier alpha value is -1.86. The van der Waals surface area contributed by atoms with Gasteiger partial charge in [0.2, 0.25) is 10.3 Å². The van der Waals surface area contributed by atoms with Crippen molar-refractivity contribution >= 4 is 21.6 Å². The van der Waals surface area contributed by atoms with Crippen LogP contribution in [0.25, 0.3) is 0 Å². The van der Waals surface area contributed by atoms with E-state index in [4.69, 9.17) is 9.47 Å². The molecule has 104 valence electrons. The summed E-state index contributed by atoms with van der Waals surface area (Å²) in [5.74, 6) is -0.577. The summed E-state index contributed by atoms with van der Waals surface area (Å²) in [4.78, 5) is 11.6. The molecule has 6 nitrogen and oxygen atoms in total. The van der Waals surface area contributed by atoms with E-state index >= 15 is 0 Å². The molecule has 0 amide bonds. The maximum Gasteiger partial charge on any atom is 0.343 e. The number of methoxy groups -OCH3 is 1. The number of carbonyl (C=O) groups is 1. The van der Waals surface area contributed by atoms with E-state index in [0.29, 0.717) is 5.56 Å². The van der Waals surface area contributed by atoms with E-state index in [1.54, 1.807) is 0 Å². The molecule has 19 heavy (non-hydrogen) atoms. The molecule has 0 saturated heterocycles. The number of ether oxygens (including phenoxy) is 2. The first-order valence-corrected chi connectivity index (χ1v) is 6.43. The van der Waals surface area contributed by atoms with Crippen LogP contribution in [0.5, 0.6) is 11.5 Å². The highest BCUT2D eigenvalue weighted by atomic mass is 32.2.